The maximum atomic E-state index is 13.3. The average molecular weight is 485 g/mol. The Balaban J connectivity index is 1.60. The third-order valence-electron chi connectivity index (χ3n) is 7.10. The second kappa shape index (κ2) is 11.0. The van der Waals surface area contributed by atoms with Crippen molar-refractivity contribution in [1.29, 1.82) is 0 Å². The van der Waals surface area contributed by atoms with Gasteiger partial charge in [0.15, 0.2) is 0 Å². The quantitative estimate of drug-likeness (QED) is 0.693. The predicted molar refractivity (Wildman–Crippen MR) is 140 cm³/mol. The number of anilines is 1. The van der Waals surface area contributed by atoms with E-state index in [0.717, 1.165) is 38.3 Å². The normalized spacial score (nSPS) is 22.2. The van der Waals surface area contributed by atoms with Gasteiger partial charge in [0.25, 0.3) is 5.91 Å². The Kier molecular flexibility index (Phi) is 8.50. The highest BCUT2D eigenvalue weighted by Gasteiger charge is 2.33. The van der Waals surface area contributed by atoms with Gasteiger partial charge in [0.1, 0.15) is 6.04 Å². The lowest BCUT2D eigenvalue weighted by Crippen LogP contribution is -2.54. The Labute approximate surface area is 211 Å². The maximum Gasteiger partial charge on any atom is 0.251 e. The summed E-state index contributed by atoms with van der Waals surface area (Å²) in [6.45, 7) is 18.6. The fourth-order valence-electron chi connectivity index (χ4n) is 5.24. The van der Waals surface area contributed by atoms with Crippen molar-refractivity contribution in [3.63, 3.8) is 0 Å². The van der Waals surface area contributed by atoms with E-state index in [1.165, 1.54) is 0 Å². The van der Waals surface area contributed by atoms with Gasteiger partial charge >= 0.3 is 0 Å². The van der Waals surface area contributed by atoms with Crippen molar-refractivity contribution in [3.8, 4) is 0 Å². The molecule has 0 radical (unpaired) electrons. The lowest BCUT2D eigenvalue weighted by molar-refractivity contribution is -0.139. The van der Waals surface area contributed by atoms with Crippen LogP contribution < -0.4 is 10.2 Å². The van der Waals surface area contributed by atoms with Gasteiger partial charge in [0.05, 0.1) is 0 Å². The number of rotatable bonds is 5. The molecule has 2 saturated heterocycles. The first-order valence-corrected chi connectivity index (χ1v) is 13.1. The third-order valence-corrected chi connectivity index (χ3v) is 7.10. The number of carbonyl (C=O) groups excluding carboxylic acids is 3. The van der Waals surface area contributed by atoms with Crippen LogP contribution >= 0.6 is 0 Å². The molecule has 1 aromatic rings. The molecule has 2 aliphatic rings. The summed E-state index contributed by atoms with van der Waals surface area (Å²) in [6, 6.07) is 7.02. The van der Waals surface area contributed by atoms with E-state index in [9.17, 15) is 14.4 Å². The van der Waals surface area contributed by atoms with Crippen molar-refractivity contribution >= 4 is 23.4 Å². The van der Waals surface area contributed by atoms with E-state index in [1.807, 2.05) is 68.7 Å². The van der Waals surface area contributed by atoms with Crippen molar-refractivity contribution in [3.05, 3.63) is 29.8 Å². The lowest BCUT2D eigenvalue weighted by atomic mass is 9.90. The highest BCUT2D eigenvalue weighted by atomic mass is 16.2. The Morgan fingerprint density at radius 1 is 0.886 bits per heavy atom. The van der Waals surface area contributed by atoms with Gasteiger partial charge in [0, 0.05) is 55.9 Å². The Hall–Kier alpha value is -2.57. The molecular weight excluding hydrogens is 440 g/mol. The van der Waals surface area contributed by atoms with E-state index < -0.39 is 6.04 Å². The molecule has 2 fully saturated rings. The molecule has 2 aliphatic heterocycles. The topological polar surface area (TPSA) is 73.0 Å². The molecule has 0 aromatic heterocycles. The number of likely N-dealkylation sites (tertiary alicyclic amines) is 1. The van der Waals surface area contributed by atoms with Crippen LogP contribution in [-0.4, -0.2) is 72.8 Å². The van der Waals surface area contributed by atoms with E-state index >= 15 is 0 Å². The number of piperidine rings is 1. The number of piperazine rings is 1. The largest absolute Gasteiger partial charge is 0.368 e. The first-order valence-electron chi connectivity index (χ1n) is 13.1. The van der Waals surface area contributed by atoms with Gasteiger partial charge < -0.3 is 20.0 Å². The minimum atomic E-state index is -0.534. The monoisotopic (exact) mass is 484 g/mol. The van der Waals surface area contributed by atoms with Gasteiger partial charge in [-0.05, 0) is 48.4 Å². The van der Waals surface area contributed by atoms with E-state index in [2.05, 4.69) is 24.1 Å². The summed E-state index contributed by atoms with van der Waals surface area (Å²) in [7, 11) is 0. The molecule has 0 saturated carbocycles. The summed E-state index contributed by atoms with van der Waals surface area (Å²) in [5.41, 5.74) is 1.22. The van der Waals surface area contributed by atoms with Crippen LogP contribution in [0.3, 0.4) is 0 Å². The third kappa shape index (κ3) is 6.77. The molecule has 3 rings (SSSR count). The highest BCUT2D eigenvalue weighted by Crippen LogP contribution is 2.24. The van der Waals surface area contributed by atoms with Crippen LogP contribution in [-0.2, 0) is 9.59 Å². The summed E-state index contributed by atoms with van der Waals surface area (Å²) >= 11 is 0. The minimum Gasteiger partial charge on any atom is -0.368 e. The molecule has 2 heterocycles. The number of nitrogens with one attached hydrogen (secondary N) is 1. The molecule has 0 aliphatic carbocycles. The standard InChI is InChI=1S/C28H44N4O3/c1-19(2)24(26(34)32-17-20(3)16-21(4)18-32)29-25(33)22-8-10-23(11-9-22)30-12-14-31(15-13-30)27(35)28(5,6)7/h8-11,19-21,24H,12-18H2,1-7H3,(H,29,33). The molecule has 3 unspecified atom stereocenters. The summed E-state index contributed by atoms with van der Waals surface area (Å²) < 4.78 is 0. The van der Waals surface area contributed by atoms with Crippen LogP contribution in [0.1, 0.15) is 65.2 Å². The highest BCUT2D eigenvalue weighted by molar-refractivity contribution is 5.98. The maximum absolute atomic E-state index is 13.3. The zero-order valence-corrected chi connectivity index (χ0v) is 22.6. The van der Waals surface area contributed by atoms with Crippen molar-refractivity contribution in [2.45, 2.75) is 60.9 Å². The Morgan fingerprint density at radius 3 is 1.91 bits per heavy atom. The number of amides is 3. The van der Waals surface area contributed by atoms with Crippen LogP contribution in [0.5, 0.6) is 0 Å². The first-order chi connectivity index (χ1) is 16.4. The van der Waals surface area contributed by atoms with E-state index in [4.69, 9.17) is 0 Å². The van der Waals surface area contributed by atoms with Crippen LogP contribution in [0.4, 0.5) is 5.69 Å². The number of carbonyl (C=O) groups is 3. The van der Waals surface area contributed by atoms with Crippen molar-refractivity contribution in [1.82, 2.24) is 15.1 Å². The molecule has 3 amide bonds. The smallest absolute Gasteiger partial charge is 0.251 e. The van der Waals surface area contributed by atoms with Gasteiger partial charge in [-0.15, -0.1) is 0 Å². The van der Waals surface area contributed by atoms with E-state index in [1.54, 1.807) is 0 Å². The van der Waals surface area contributed by atoms with E-state index in [-0.39, 0.29) is 29.1 Å². The number of nitrogens with zero attached hydrogens (tertiary/aromatic N) is 3. The fourth-order valence-corrected chi connectivity index (χ4v) is 5.24. The summed E-state index contributed by atoms with van der Waals surface area (Å²) in [6.07, 6.45) is 1.14. The van der Waals surface area contributed by atoms with Crippen molar-refractivity contribution < 1.29 is 14.4 Å². The van der Waals surface area contributed by atoms with Gasteiger partial charge in [-0.1, -0.05) is 48.5 Å². The molecule has 194 valence electrons. The van der Waals surface area contributed by atoms with Gasteiger partial charge in [-0.25, -0.2) is 0 Å². The molecule has 0 bridgehead atoms. The summed E-state index contributed by atoms with van der Waals surface area (Å²) in [5.74, 6) is 0.949. The SMILES string of the molecule is CC1CC(C)CN(C(=O)C(NC(=O)c2ccc(N3CCN(C(=O)C(C)(C)C)CC3)cc2)C(C)C)C1. The molecule has 7 heteroatoms. The molecule has 1 N–H and O–H groups in total. The predicted octanol–water partition coefficient (Wildman–Crippen LogP) is 3.64. The zero-order valence-electron chi connectivity index (χ0n) is 22.6. The number of hydrogen-bond donors (Lipinski definition) is 1. The Morgan fingerprint density at radius 2 is 1.43 bits per heavy atom. The molecule has 3 atom stereocenters. The van der Waals surface area contributed by atoms with Gasteiger partial charge in [-0.2, -0.15) is 0 Å². The zero-order chi connectivity index (χ0) is 25.9. The lowest BCUT2D eigenvalue weighted by Gasteiger charge is -2.38. The molecule has 7 nitrogen and oxygen atoms in total. The van der Waals surface area contributed by atoms with Crippen molar-refractivity contribution in [2.75, 3.05) is 44.2 Å². The molecular formula is C28H44N4O3. The van der Waals surface area contributed by atoms with Crippen molar-refractivity contribution in [2.24, 2.45) is 23.2 Å². The van der Waals surface area contributed by atoms with Crippen LogP contribution in [0, 0.1) is 23.2 Å². The minimum absolute atomic E-state index is 0.00497. The second-order valence-electron chi connectivity index (χ2n) is 12.0. The second-order valence-corrected chi connectivity index (χ2v) is 12.0. The number of benzene rings is 1. The molecule has 0 spiro atoms. The van der Waals surface area contributed by atoms with Crippen LogP contribution in [0.2, 0.25) is 0 Å². The summed E-state index contributed by atoms with van der Waals surface area (Å²) in [5, 5.41) is 3.00. The van der Waals surface area contributed by atoms with Gasteiger partial charge in [0.2, 0.25) is 11.8 Å². The molecule has 1 aromatic carbocycles. The van der Waals surface area contributed by atoms with Crippen LogP contribution in [0.25, 0.3) is 0 Å². The number of hydrogen-bond acceptors (Lipinski definition) is 4. The van der Waals surface area contributed by atoms with Crippen LogP contribution in [0.15, 0.2) is 24.3 Å². The van der Waals surface area contributed by atoms with Gasteiger partial charge in [-0.3, -0.25) is 14.4 Å². The summed E-state index contributed by atoms with van der Waals surface area (Å²) in [4.78, 5) is 44.9. The fraction of sp³-hybridized carbons (Fsp3) is 0.679. The van der Waals surface area contributed by atoms with E-state index in [0.29, 0.717) is 30.5 Å². The molecule has 35 heavy (non-hydrogen) atoms. The average Bonchev–Trinajstić information content (AvgIpc) is 2.80. The Bertz CT molecular complexity index is 888. The first kappa shape index (κ1) is 27.0.